The van der Waals surface area contributed by atoms with Gasteiger partial charge >= 0.3 is 11.9 Å². The van der Waals surface area contributed by atoms with Crippen molar-refractivity contribution in [1.82, 2.24) is 5.16 Å². The molecule has 10 heteroatoms. The topological polar surface area (TPSA) is 125 Å². The molecule has 0 saturated carbocycles. The van der Waals surface area contributed by atoms with E-state index in [0.29, 0.717) is 0 Å². The van der Waals surface area contributed by atoms with Gasteiger partial charge in [0.2, 0.25) is 0 Å². The van der Waals surface area contributed by atoms with Gasteiger partial charge in [0.05, 0.1) is 31.0 Å². The van der Waals surface area contributed by atoms with E-state index in [4.69, 9.17) is 4.52 Å². The number of anilines is 1. The fourth-order valence-electron chi connectivity index (χ4n) is 2.22. The molecule has 1 N–H and O–H groups in total. The van der Waals surface area contributed by atoms with E-state index < -0.39 is 22.0 Å². The fourth-order valence-corrected chi connectivity index (χ4v) is 3.62. The summed E-state index contributed by atoms with van der Waals surface area (Å²) in [6, 6.07) is 3.78. The molecule has 1 aromatic carbocycles. The molecule has 0 radical (unpaired) electrons. The molecule has 2 rings (SSSR count). The molecule has 0 aliphatic rings. The van der Waals surface area contributed by atoms with Crippen LogP contribution < -0.4 is 4.72 Å². The number of rotatable bonds is 5. The average molecular weight is 368 g/mol. The number of hydrogen-bond donors (Lipinski definition) is 1. The zero-order valence-corrected chi connectivity index (χ0v) is 14.8. The van der Waals surface area contributed by atoms with E-state index in [1.54, 1.807) is 0 Å². The molecule has 0 saturated heterocycles. The Morgan fingerprint density at radius 2 is 1.76 bits per heavy atom. The summed E-state index contributed by atoms with van der Waals surface area (Å²) in [5.74, 6) is -1.36. The highest BCUT2D eigenvalue weighted by molar-refractivity contribution is 7.92. The SMILES string of the molecule is COC(=O)c1ccc(C(=O)OC)c(NS(=O)(=O)c2c(C)noc2C)c1. The van der Waals surface area contributed by atoms with Crippen molar-refractivity contribution in [2.75, 3.05) is 18.9 Å². The van der Waals surface area contributed by atoms with Crippen LogP contribution in [0.25, 0.3) is 0 Å². The van der Waals surface area contributed by atoms with Gasteiger partial charge in [0.1, 0.15) is 5.69 Å². The minimum Gasteiger partial charge on any atom is -0.465 e. The molecular weight excluding hydrogens is 352 g/mol. The second kappa shape index (κ2) is 6.93. The predicted octanol–water partition coefficient (Wildman–Crippen LogP) is 1.67. The molecule has 0 amide bonds. The van der Waals surface area contributed by atoms with Crippen molar-refractivity contribution in [2.45, 2.75) is 18.7 Å². The molecule has 1 aromatic heterocycles. The van der Waals surface area contributed by atoms with Crippen LogP contribution in [0.1, 0.15) is 32.2 Å². The van der Waals surface area contributed by atoms with Gasteiger partial charge in [-0.3, -0.25) is 4.72 Å². The lowest BCUT2D eigenvalue weighted by atomic mass is 10.1. The van der Waals surface area contributed by atoms with Crippen molar-refractivity contribution >= 4 is 27.6 Å². The lowest BCUT2D eigenvalue weighted by Crippen LogP contribution is -2.18. The summed E-state index contributed by atoms with van der Waals surface area (Å²) in [6.45, 7) is 2.91. The maximum Gasteiger partial charge on any atom is 0.339 e. The number of aromatic nitrogens is 1. The van der Waals surface area contributed by atoms with Crippen LogP contribution in [0.2, 0.25) is 0 Å². The first-order chi connectivity index (χ1) is 11.7. The monoisotopic (exact) mass is 368 g/mol. The van der Waals surface area contributed by atoms with Crippen LogP contribution in [-0.2, 0) is 19.5 Å². The van der Waals surface area contributed by atoms with Gasteiger partial charge in [0, 0.05) is 0 Å². The summed E-state index contributed by atoms with van der Waals surface area (Å²) in [7, 11) is -1.77. The number of aryl methyl sites for hydroxylation is 2. The third kappa shape index (κ3) is 3.63. The summed E-state index contributed by atoms with van der Waals surface area (Å²) in [6.07, 6.45) is 0. The van der Waals surface area contributed by atoms with Crippen LogP contribution in [0, 0.1) is 13.8 Å². The third-order valence-electron chi connectivity index (χ3n) is 3.33. The minimum atomic E-state index is -4.11. The van der Waals surface area contributed by atoms with Gasteiger partial charge in [-0.05, 0) is 32.0 Å². The summed E-state index contributed by atoms with van der Waals surface area (Å²) in [4.78, 5) is 23.4. The number of sulfonamides is 1. The van der Waals surface area contributed by atoms with Gasteiger partial charge in [0.15, 0.2) is 10.7 Å². The first-order valence-corrected chi connectivity index (χ1v) is 8.46. The van der Waals surface area contributed by atoms with E-state index >= 15 is 0 Å². The molecule has 0 aliphatic carbocycles. The van der Waals surface area contributed by atoms with Crippen LogP contribution in [0.15, 0.2) is 27.6 Å². The molecule has 0 aliphatic heterocycles. The summed E-state index contributed by atoms with van der Waals surface area (Å²) < 4.78 is 41.6. The highest BCUT2D eigenvalue weighted by Gasteiger charge is 2.27. The van der Waals surface area contributed by atoms with Gasteiger partial charge in [-0.15, -0.1) is 0 Å². The van der Waals surface area contributed by atoms with E-state index in [0.717, 1.165) is 7.11 Å². The lowest BCUT2D eigenvalue weighted by molar-refractivity contribution is 0.0587. The van der Waals surface area contributed by atoms with Crippen LogP contribution in [-0.4, -0.2) is 39.7 Å². The molecule has 0 fully saturated rings. The first-order valence-electron chi connectivity index (χ1n) is 6.97. The molecule has 0 bridgehead atoms. The van der Waals surface area contributed by atoms with Gasteiger partial charge in [-0.2, -0.15) is 0 Å². The van der Waals surface area contributed by atoms with Crippen LogP contribution in [0.3, 0.4) is 0 Å². The first kappa shape index (κ1) is 18.5. The van der Waals surface area contributed by atoms with Crippen molar-refractivity contribution in [3.8, 4) is 0 Å². The molecule has 9 nitrogen and oxygen atoms in total. The van der Waals surface area contributed by atoms with Crippen molar-refractivity contribution in [2.24, 2.45) is 0 Å². The highest BCUT2D eigenvalue weighted by atomic mass is 32.2. The van der Waals surface area contributed by atoms with E-state index in [1.165, 1.54) is 39.2 Å². The molecule has 25 heavy (non-hydrogen) atoms. The Labute approximate surface area is 144 Å². The number of ether oxygens (including phenoxy) is 2. The Balaban J connectivity index is 2.56. The van der Waals surface area contributed by atoms with Crippen molar-refractivity contribution in [3.05, 3.63) is 40.8 Å². The number of hydrogen-bond acceptors (Lipinski definition) is 8. The number of carbonyl (C=O) groups excluding carboxylic acids is 2. The molecule has 0 spiro atoms. The number of carbonyl (C=O) groups is 2. The second-order valence-corrected chi connectivity index (χ2v) is 6.62. The quantitative estimate of drug-likeness (QED) is 0.790. The number of esters is 2. The Bertz CT molecular complexity index is 912. The second-order valence-electron chi connectivity index (χ2n) is 5.00. The fraction of sp³-hybridized carbons (Fsp3) is 0.267. The summed E-state index contributed by atoms with van der Waals surface area (Å²) in [5.41, 5.74) is 0.0283. The normalized spacial score (nSPS) is 11.0. The Morgan fingerprint density at radius 1 is 1.12 bits per heavy atom. The Kier molecular flexibility index (Phi) is 5.12. The van der Waals surface area contributed by atoms with Crippen LogP contribution in [0.4, 0.5) is 5.69 Å². The standard InChI is InChI=1S/C15H16N2O7S/c1-8-13(9(2)24-16-8)25(20,21)17-12-7-10(14(18)22-3)5-6-11(12)15(19)23-4/h5-7,17H,1-4H3. The number of nitrogens with zero attached hydrogens (tertiary/aromatic N) is 1. The zero-order valence-electron chi connectivity index (χ0n) is 13.9. The largest absolute Gasteiger partial charge is 0.465 e. The molecule has 134 valence electrons. The molecule has 2 aromatic rings. The summed E-state index contributed by atoms with van der Waals surface area (Å²) >= 11 is 0. The van der Waals surface area contributed by atoms with Crippen LogP contribution >= 0.6 is 0 Å². The van der Waals surface area contributed by atoms with Crippen molar-refractivity contribution < 1.29 is 32.0 Å². The lowest BCUT2D eigenvalue weighted by Gasteiger charge is -2.12. The maximum atomic E-state index is 12.6. The zero-order chi connectivity index (χ0) is 18.8. The summed E-state index contributed by atoms with van der Waals surface area (Å²) in [5, 5.41) is 3.60. The Morgan fingerprint density at radius 3 is 2.28 bits per heavy atom. The number of benzene rings is 1. The highest BCUT2D eigenvalue weighted by Crippen LogP contribution is 2.26. The molecule has 1 heterocycles. The molecule has 0 atom stereocenters. The molecular formula is C15H16N2O7S. The van der Waals surface area contributed by atoms with Gasteiger partial charge in [0.25, 0.3) is 10.0 Å². The van der Waals surface area contributed by atoms with Crippen molar-refractivity contribution in [1.29, 1.82) is 0 Å². The van der Waals surface area contributed by atoms with Gasteiger partial charge < -0.3 is 14.0 Å². The van der Waals surface area contributed by atoms with Crippen LogP contribution in [0.5, 0.6) is 0 Å². The van der Waals surface area contributed by atoms with E-state index in [-0.39, 0.29) is 33.2 Å². The Hall–Kier alpha value is -2.88. The van der Waals surface area contributed by atoms with Gasteiger partial charge in [-0.1, -0.05) is 5.16 Å². The smallest absolute Gasteiger partial charge is 0.339 e. The van der Waals surface area contributed by atoms with Crippen molar-refractivity contribution in [3.63, 3.8) is 0 Å². The number of methoxy groups -OCH3 is 2. The molecule has 0 unspecified atom stereocenters. The number of nitrogens with one attached hydrogen (secondary N) is 1. The maximum absolute atomic E-state index is 12.6. The average Bonchev–Trinajstić information content (AvgIpc) is 2.92. The van der Waals surface area contributed by atoms with E-state index in [1.807, 2.05) is 0 Å². The predicted molar refractivity (Wildman–Crippen MR) is 85.9 cm³/mol. The minimum absolute atomic E-state index is 0.0617. The van der Waals surface area contributed by atoms with Gasteiger partial charge in [-0.25, -0.2) is 18.0 Å². The van der Waals surface area contributed by atoms with E-state index in [2.05, 4.69) is 19.4 Å². The third-order valence-corrected chi connectivity index (χ3v) is 4.94. The van der Waals surface area contributed by atoms with E-state index in [9.17, 15) is 18.0 Å².